The molecule has 4 nitrogen and oxygen atoms in total. The highest BCUT2D eigenvalue weighted by Gasteiger charge is 2.35. The second kappa shape index (κ2) is 8.18. The van der Waals surface area contributed by atoms with Crippen LogP contribution in [0.2, 0.25) is 0 Å². The van der Waals surface area contributed by atoms with Crippen LogP contribution < -0.4 is 4.74 Å². The molecule has 0 bridgehead atoms. The Kier molecular flexibility index (Phi) is 5.94. The number of rotatable bonds is 5. The van der Waals surface area contributed by atoms with E-state index in [1.807, 2.05) is 35.2 Å². The van der Waals surface area contributed by atoms with Crippen molar-refractivity contribution in [2.45, 2.75) is 31.3 Å². The molecule has 1 saturated heterocycles. The Morgan fingerprint density at radius 3 is 2.54 bits per heavy atom. The molecule has 0 amide bonds. The van der Waals surface area contributed by atoms with Crippen molar-refractivity contribution in [1.29, 1.82) is 0 Å². The van der Waals surface area contributed by atoms with Gasteiger partial charge in [-0.3, -0.25) is 9.69 Å². The lowest BCUT2D eigenvalue weighted by Crippen LogP contribution is -2.46. The molecule has 1 aliphatic rings. The van der Waals surface area contributed by atoms with Crippen molar-refractivity contribution in [3.05, 3.63) is 63.9 Å². The first kappa shape index (κ1) is 18.9. The summed E-state index contributed by atoms with van der Waals surface area (Å²) in [6.45, 7) is 0.658. The number of hydrogen-bond acceptors (Lipinski definition) is 3. The molecule has 0 radical (unpaired) electrons. The van der Waals surface area contributed by atoms with Crippen LogP contribution in [-0.2, 0) is 4.79 Å². The molecule has 6 heteroatoms. The van der Waals surface area contributed by atoms with Gasteiger partial charge in [0.05, 0.1) is 13.2 Å². The Labute approximate surface area is 160 Å². The molecule has 1 N–H and O–H groups in total. The van der Waals surface area contributed by atoms with Crippen LogP contribution >= 0.6 is 15.9 Å². The maximum atomic E-state index is 14.3. The summed E-state index contributed by atoms with van der Waals surface area (Å²) in [6, 6.07) is 11.7. The van der Waals surface area contributed by atoms with Gasteiger partial charge in [0.2, 0.25) is 0 Å². The number of hydrogen-bond donors (Lipinski definition) is 1. The van der Waals surface area contributed by atoms with Crippen LogP contribution in [0.4, 0.5) is 4.39 Å². The van der Waals surface area contributed by atoms with Gasteiger partial charge >= 0.3 is 5.97 Å². The van der Waals surface area contributed by atoms with E-state index in [1.165, 1.54) is 13.2 Å². The number of benzene rings is 2. The number of aliphatic carboxylic acids is 1. The maximum absolute atomic E-state index is 14.3. The molecule has 0 saturated carbocycles. The van der Waals surface area contributed by atoms with Gasteiger partial charge in [-0.15, -0.1) is 0 Å². The minimum atomic E-state index is -0.833. The zero-order valence-corrected chi connectivity index (χ0v) is 16.1. The Morgan fingerprint density at radius 1 is 1.23 bits per heavy atom. The lowest BCUT2D eigenvalue weighted by molar-refractivity contribution is -0.145. The highest BCUT2D eigenvalue weighted by Crippen LogP contribution is 2.36. The van der Waals surface area contributed by atoms with E-state index in [0.717, 1.165) is 28.4 Å². The summed E-state index contributed by atoms with van der Waals surface area (Å²) in [5.41, 5.74) is 1.66. The molecule has 0 spiro atoms. The molecule has 3 rings (SSSR count). The molecule has 2 atom stereocenters. The van der Waals surface area contributed by atoms with Crippen LogP contribution in [0.3, 0.4) is 0 Å². The normalized spacial score (nSPS) is 19.1. The third-order valence-electron chi connectivity index (χ3n) is 4.84. The fourth-order valence-electron chi connectivity index (χ4n) is 3.60. The third-order valence-corrected chi connectivity index (χ3v) is 5.37. The molecular formula is C20H21BrFNO3. The maximum Gasteiger partial charge on any atom is 0.320 e. The van der Waals surface area contributed by atoms with Crippen molar-refractivity contribution in [2.24, 2.45) is 0 Å². The van der Waals surface area contributed by atoms with Gasteiger partial charge in [-0.05, 0) is 54.8 Å². The van der Waals surface area contributed by atoms with Crippen LogP contribution in [0.1, 0.15) is 36.4 Å². The lowest BCUT2D eigenvalue weighted by atomic mass is 9.91. The zero-order valence-electron chi connectivity index (χ0n) is 14.5. The van der Waals surface area contributed by atoms with E-state index in [1.54, 1.807) is 6.07 Å². The summed E-state index contributed by atoms with van der Waals surface area (Å²) in [5, 5.41) is 9.69. The van der Waals surface area contributed by atoms with Crippen LogP contribution in [0.15, 0.2) is 46.9 Å². The van der Waals surface area contributed by atoms with E-state index >= 15 is 0 Å². The molecular weight excluding hydrogens is 401 g/mol. The summed E-state index contributed by atoms with van der Waals surface area (Å²) in [6.07, 6.45) is 2.41. The van der Waals surface area contributed by atoms with Crippen LogP contribution in [0.25, 0.3) is 0 Å². The average Bonchev–Trinajstić information content (AvgIpc) is 2.64. The molecule has 1 heterocycles. The standard InChI is InChI=1S/C20H21BrFNO3/c1-26-18-10-7-14(12-16(18)22)19(13-5-8-15(21)9-6-13)23-11-3-2-4-17(23)20(24)25/h5-10,12,17,19H,2-4,11H2,1H3,(H,24,25). The van der Waals surface area contributed by atoms with Gasteiger partial charge in [0.15, 0.2) is 11.6 Å². The molecule has 1 aliphatic heterocycles. The molecule has 138 valence electrons. The summed E-state index contributed by atoms with van der Waals surface area (Å²) in [5.74, 6) is -1.10. The minimum Gasteiger partial charge on any atom is -0.494 e. The number of halogens is 2. The summed E-state index contributed by atoms with van der Waals surface area (Å²) >= 11 is 3.43. The number of carbonyl (C=O) groups is 1. The average molecular weight is 422 g/mol. The summed E-state index contributed by atoms with van der Waals surface area (Å²) in [4.78, 5) is 13.8. The number of nitrogens with zero attached hydrogens (tertiary/aromatic N) is 1. The van der Waals surface area contributed by atoms with Gasteiger partial charge < -0.3 is 9.84 Å². The van der Waals surface area contributed by atoms with E-state index in [0.29, 0.717) is 13.0 Å². The molecule has 2 aromatic carbocycles. The second-order valence-corrected chi connectivity index (χ2v) is 7.35. The topological polar surface area (TPSA) is 49.8 Å². The number of piperidine rings is 1. The van der Waals surface area contributed by atoms with Gasteiger partial charge in [-0.2, -0.15) is 0 Å². The summed E-state index contributed by atoms with van der Waals surface area (Å²) in [7, 11) is 1.43. The van der Waals surface area contributed by atoms with E-state index < -0.39 is 17.8 Å². The molecule has 0 aromatic heterocycles. The number of ether oxygens (including phenoxy) is 1. The van der Waals surface area contributed by atoms with Crippen molar-refractivity contribution in [2.75, 3.05) is 13.7 Å². The predicted octanol–water partition coefficient (Wildman–Crippen LogP) is 4.63. The largest absolute Gasteiger partial charge is 0.494 e. The summed E-state index contributed by atoms with van der Waals surface area (Å²) < 4.78 is 20.3. The van der Waals surface area contributed by atoms with Crippen molar-refractivity contribution in [3.63, 3.8) is 0 Å². The quantitative estimate of drug-likeness (QED) is 0.764. The first-order chi connectivity index (χ1) is 12.5. The number of carboxylic acid groups (broad SMARTS) is 1. The van der Waals surface area contributed by atoms with E-state index in [9.17, 15) is 14.3 Å². The number of carboxylic acids is 1. The van der Waals surface area contributed by atoms with Gasteiger partial charge in [-0.1, -0.05) is 40.5 Å². The van der Waals surface area contributed by atoms with Crippen LogP contribution in [0.5, 0.6) is 5.75 Å². The fourth-order valence-corrected chi connectivity index (χ4v) is 3.87. The van der Waals surface area contributed by atoms with Crippen LogP contribution in [0, 0.1) is 5.82 Å². The lowest BCUT2D eigenvalue weighted by Gasteiger charge is -2.39. The Bertz CT molecular complexity index is 781. The molecule has 2 aromatic rings. The third kappa shape index (κ3) is 3.91. The Hall–Kier alpha value is -1.92. The SMILES string of the molecule is COc1ccc(C(c2ccc(Br)cc2)N2CCCCC2C(=O)O)cc1F. The first-order valence-electron chi connectivity index (χ1n) is 8.58. The van der Waals surface area contributed by atoms with Gasteiger partial charge in [0.1, 0.15) is 6.04 Å². The fraction of sp³-hybridized carbons (Fsp3) is 0.350. The molecule has 0 aliphatic carbocycles. The van der Waals surface area contributed by atoms with Crippen molar-refractivity contribution in [1.82, 2.24) is 4.90 Å². The Balaban J connectivity index is 2.08. The van der Waals surface area contributed by atoms with Gasteiger partial charge in [0.25, 0.3) is 0 Å². The smallest absolute Gasteiger partial charge is 0.320 e. The second-order valence-electron chi connectivity index (χ2n) is 6.44. The highest BCUT2D eigenvalue weighted by molar-refractivity contribution is 9.10. The van der Waals surface area contributed by atoms with Crippen LogP contribution in [-0.4, -0.2) is 35.7 Å². The molecule has 26 heavy (non-hydrogen) atoms. The highest BCUT2D eigenvalue weighted by atomic mass is 79.9. The predicted molar refractivity (Wildman–Crippen MR) is 101 cm³/mol. The van der Waals surface area contributed by atoms with Gasteiger partial charge in [0, 0.05) is 4.47 Å². The van der Waals surface area contributed by atoms with Crippen molar-refractivity contribution >= 4 is 21.9 Å². The molecule has 1 fully saturated rings. The monoisotopic (exact) mass is 421 g/mol. The first-order valence-corrected chi connectivity index (χ1v) is 9.38. The number of methoxy groups -OCH3 is 1. The minimum absolute atomic E-state index is 0.178. The van der Waals surface area contributed by atoms with E-state index in [-0.39, 0.29) is 11.8 Å². The van der Waals surface area contributed by atoms with Gasteiger partial charge in [-0.25, -0.2) is 4.39 Å². The van der Waals surface area contributed by atoms with E-state index in [4.69, 9.17) is 4.74 Å². The zero-order chi connectivity index (χ0) is 18.7. The van der Waals surface area contributed by atoms with Crippen molar-refractivity contribution < 1.29 is 19.0 Å². The number of likely N-dealkylation sites (tertiary alicyclic amines) is 1. The molecule has 2 unspecified atom stereocenters. The van der Waals surface area contributed by atoms with E-state index in [2.05, 4.69) is 15.9 Å². The Morgan fingerprint density at radius 2 is 1.92 bits per heavy atom. The van der Waals surface area contributed by atoms with Crippen molar-refractivity contribution in [3.8, 4) is 5.75 Å².